The van der Waals surface area contributed by atoms with Gasteiger partial charge in [-0.15, -0.1) is 0 Å². The lowest BCUT2D eigenvalue weighted by Crippen LogP contribution is -2.64. The minimum atomic E-state index is 0.385. The molecule has 0 radical (unpaired) electrons. The first-order valence-corrected chi connectivity index (χ1v) is 12.1. The number of aromatic nitrogens is 3. The summed E-state index contributed by atoms with van der Waals surface area (Å²) in [6, 6.07) is 6.19. The quantitative estimate of drug-likeness (QED) is 0.744. The Labute approximate surface area is 185 Å². The van der Waals surface area contributed by atoms with Gasteiger partial charge in [-0.25, -0.2) is 9.97 Å². The van der Waals surface area contributed by atoms with E-state index in [4.69, 9.17) is 0 Å². The molecule has 0 N–H and O–H groups in total. The molecule has 0 amide bonds. The fourth-order valence-electron chi connectivity index (χ4n) is 6.60. The number of anilines is 1. The molecule has 0 bridgehead atoms. The first-order chi connectivity index (χ1) is 15.2. The second-order valence-electron chi connectivity index (χ2n) is 10.6. The van der Waals surface area contributed by atoms with E-state index in [-0.39, 0.29) is 0 Å². The summed E-state index contributed by atoms with van der Waals surface area (Å²) in [5, 5.41) is 0. The molecule has 1 saturated carbocycles. The molecule has 1 aliphatic carbocycles. The highest BCUT2D eigenvalue weighted by Gasteiger charge is 2.63. The molecule has 6 heteroatoms. The maximum Gasteiger partial charge on any atom is 0.225 e. The Morgan fingerprint density at radius 2 is 1.71 bits per heavy atom. The average Bonchev–Trinajstić information content (AvgIpc) is 3.56. The van der Waals surface area contributed by atoms with Crippen LogP contribution in [0.4, 0.5) is 5.95 Å². The van der Waals surface area contributed by atoms with Crippen molar-refractivity contribution in [1.82, 2.24) is 24.8 Å². The van der Waals surface area contributed by atoms with Crippen LogP contribution in [0.3, 0.4) is 0 Å². The number of rotatable bonds is 5. The van der Waals surface area contributed by atoms with Crippen LogP contribution in [-0.2, 0) is 6.54 Å². The monoisotopic (exact) mass is 418 g/mol. The molecule has 6 nitrogen and oxygen atoms in total. The van der Waals surface area contributed by atoms with Crippen molar-refractivity contribution >= 4 is 5.95 Å². The molecule has 164 valence electrons. The van der Waals surface area contributed by atoms with Crippen molar-refractivity contribution < 1.29 is 0 Å². The lowest BCUT2D eigenvalue weighted by Gasteiger charge is -2.57. The number of nitrogens with zero attached hydrogens (tertiary/aromatic N) is 6. The van der Waals surface area contributed by atoms with E-state index in [1.165, 1.54) is 70.4 Å². The van der Waals surface area contributed by atoms with E-state index in [0.29, 0.717) is 10.8 Å². The number of likely N-dealkylation sites (tertiary alicyclic amines) is 2. The fraction of sp³-hybridized carbons (Fsp3) is 0.640. The van der Waals surface area contributed by atoms with Crippen LogP contribution in [0, 0.1) is 16.7 Å². The molecule has 6 rings (SSSR count). The lowest BCUT2D eigenvalue weighted by molar-refractivity contribution is -0.0778. The molecule has 2 spiro atoms. The summed E-state index contributed by atoms with van der Waals surface area (Å²) in [6.07, 6.45) is 14.5. The Hall–Kier alpha value is -2.05. The molecule has 5 heterocycles. The van der Waals surface area contributed by atoms with Gasteiger partial charge in [0, 0.05) is 69.5 Å². The molecule has 3 saturated heterocycles. The molecule has 2 aromatic heterocycles. The highest BCUT2D eigenvalue weighted by Crippen LogP contribution is 2.58. The Bertz CT molecular complexity index is 879. The van der Waals surface area contributed by atoms with Crippen LogP contribution in [0.1, 0.15) is 37.7 Å². The second-order valence-corrected chi connectivity index (χ2v) is 10.6. The van der Waals surface area contributed by atoms with Crippen molar-refractivity contribution in [2.75, 3.05) is 50.7 Å². The smallest absolute Gasteiger partial charge is 0.225 e. The molecule has 4 fully saturated rings. The van der Waals surface area contributed by atoms with Crippen LogP contribution in [0.15, 0.2) is 43.0 Å². The van der Waals surface area contributed by atoms with Crippen LogP contribution < -0.4 is 4.90 Å². The Balaban J connectivity index is 1.21. The number of hydrogen-bond donors (Lipinski definition) is 0. The van der Waals surface area contributed by atoms with Crippen LogP contribution in [0.25, 0.3) is 0 Å². The second kappa shape index (κ2) is 7.82. The number of pyridine rings is 1. The van der Waals surface area contributed by atoms with E-state index < -0.39 is 0 Å². The third kappa shape index (κ3) is 3.74. The summed E-state index contributed by atoms with van der Waals surface area (Å²) in [5.41, 5.74) is 2.12. The minimum Gasteiger partial charge on any atom is -0.340 e. The molecule has 0 aromatic carbocycles. The summed E-state index contributed by atoms with van der Waals surface area (Å²) in [6.45, 7) is 9.52. The third-order valence-electron chi connectivity index (χ3n) is 8.38. The van der Waals surface area contributed by atoms with Gasteiger partial charge in [-0.3, -0.25) is 9.88 Å². The van der Waals surface area contributed by atoms with Crippen LogP contribution in [0.5, 0.6) is 0 Å². The minimum absolute atomic E-state index is 0.385. The topological polar surface area (TPSA) is 48.4 Å². The molecule has 31 heavy (non-hydrogen) atoms. The van der Waals surface area contributed by atoms with Gasteiger partial charge < -0.3 is 9.80 Å². The van der Waals surface area contributed by atoms with E-state index in [2.05, 4.69) is 41.8 Å². The molecule has 2 aromatic rings. The third-order valence-corrected chi connectivity index (χ3v) is 8.38. The van der Waals surface area contributed by atoms with Gasteiger partial charge in [-0.1, -0.05) is 6.07 Å². The lowest BCUT2D eigenvalue weighted by atomic mass is 9.58. The number of hydrogen-bond acceptors (Lipinski definition) is 6. The van der Waals surface area contributed by atoms with Crippen molar-refractivity contribution in [3.05, 3.63) is 48.5 Å². The standard InChI is InChI=1S/C25H34N6/c1-4-22(14-26-9-1)16-29-12-2-7-24(8-13-29)19-31(23-27-10-3-11-28-23)20-25(24)17-30(18-25)15-21-5-6-21/h1,3-4,9-11,14,21H,2,5-8,12-13,15-20H2. The van der Waals surface area contributed by atoms with Gasteiger partial charge in [0.15, 0.2) is 0 Å². The highest BCUT2D eigenvalue weighted by atomic mass is 15.3. The zero-order chi connectivity index (χ0) is 20.7. The summed E-state index contributed by atoms with van der Waals surface area (Å²) < 4.78 is 0. The zero-order valence-electron chi connectivity index (χ0n) is 18.5. The zero-order valence-corrected chi connectivity index (χ0v) is 18.5. The first-order valence-electron chi connectivity index (χ1n) is 12.1. The summed E-state index contributed by atoms with van der Waals surface area (Å²) >= 11 is 0. The SMILES string of the molecule is c1cnc(N2CC3(CCCN(Cc4cccnc4)CC3)C3(CN(CC4CC4)C3)C2)nc1. The van der Waals surface area contributed by atoms with Gasteiger partial charge in [-0.05, 0) is 74.2 Å². The van der Waals surface area contributed by atoms with E-state index in [9.17, 15) is 0 Å². The van der Waals surface area contributed by atoms with Crippen molar-refractivity contribution in [3.63, 3.8) is 0 Å². The molecule has 3 aliphatic heterocycles. The predicted molar refractivity (Wildman–Crippen MR) is 122 cm³/mol. The van der Waals surface area contributed by atoms with Gasteiger partial charge in [-0.2, -0.15) is 0 Å². The molecular formula is C25H34N6. The normalized spacial score (nSPS) is 28.7. The summed E-state index contributed by atoms with van der Waals surface area (Å²) in [7, 11) is 0. The molecule has 1 atom stereocenters. The van der Waals surface area contributed by atoms with Crippen LogP contribution in [-0.4, -0.2) is 70.6 Å². The first kappa shape index (κ1) is 19.6. The van der Waals surface area contributed by atoms with E-state index in [0.717, 1.165) is 31.5 Å². The molecule has 1 unspecified atom stereocenters. The van der Waals surface area contributed by atoms with Crippen molar-refractivity contribution in [2.24, 2.45) is 16.7 Å². The summed E-state index contributed by atoms with van der Waals surface area (Å²) in [5.74, 6) is 1.91. The Morgan fingerprint density at radius 3 is 2.48 bits per heavy atom. The van der Waals surface area contributed by atoms with Gasteiger partial charge in [0.25, 0.3) is 0 Å². The van der Waals surface area contributed by atoms with E-state index in [1.54, 1.807) is 0 Å². The maximum atomic E-state index is 4.62. The van der Waals surface area contributed by atoms with Gasteiger partial charge in [0.2, 0.25) is 5.95 Å². The molecule has 4 aliphatic rings. The fourth-order valence-corrected chi connectivity index (χ4v) is 6.60. The van der Waals surface area contributed by atoms with E-state index in [1.807, 2.05) is 30.9 Å². The average molecular weight is 419 g/mol. The molecular weight excluding hydrogens is 384 g/mol. The highest BCUT2D eigenvalue weighted by molar-refractivity contribution is 5.37. The predicted octanol–water partition coefficient (Wildman–Crippen LogP) is 3.08. The van der Waals surface area contributed by atoms with E-state index >= 15 is 0 Å². The summed E-state index contributed by atoms with van der Waals surface area (Å²) in [4.78, 5) is 21.5. The van der Waals surface area contributed by atoms with Crippen molar-refractivity contribution in [3.8, 4) is 0 Å². The Kier molecular flexibility index (Phi) is 4.95. The van der Waals surface area contributed by atoms with Crippen molar-refractivity contribution in [1.29, 1.82) is 0 Å². The van der Waals surface area contributed by atoms with Gasteiger partial charge in [0.05, 0.1) is 0 Å². The number of fused-ring (bicyclic) bond motifs is 1. The Morgan fingerprint density at radius 1 is 0.871 bits per heavy atom. The van der Waals surface area contributed by atoms with Crippen LogP contribution in [0.2, 0.25) is 0 Å². The van der Waals surface area contributed by atoms with Gasteiger partial charge in [0.1, 0.15) is 0 Å². The van der Waals surface area contributed by atoms with Gasteiger partial charge >= 0.3 is 0 Å². The largest absolute Gasteiger partial charge is 0.340 e. The van der Waals surface area contributed by atoms with Crippen molar-refractivity contribution in [2.45, 2.75) is 38.6 Å². The maximum absolute atomic E-state index is 4.62. The van der Waals surface area contributed by atoms with Crippen LogP contribution >= 0.6 is 0 Å².